The molecule has 2 aliphatic rings. The van der Waals surface area contributed by atoms with Crippen LogP contribution in [0.3, 0.4) is 0 Å². The van der Waals surface area contributed by atoms with Crippen molar-refractivity contribution >= 4 is 5.91 Å². The summed E-state index contributed by atoms with van der Waals surface area (Å²) >= 11 is 0. The van der Waals surface area contributed by atoms with Gasteiger partial charge in [-0.15, -0.1) is 0 Å². The molecule has 2 saturated heterocycles. The van der Waals surface area contributed by atoms with Crippen molar-refractivity contribution in [3.8, 4) is 0 Å². The second kappa shape index (κ2) is 6.50. The average Bonchev–Trinajstić information content (AvgIpc) is 2.88. The Bertz CT molecular complexity index is 279. The number of nitrogens with zero attached hydrogens (tertiary/aromatic N) is 2. The minimum absolute atomic E-state index is 0.0182. The number of hydrogen-bond acceptors (Lipinski definition) is 4. The number of carbonyl (C=O) groups is 1. The molecule has 18 heavy (non-hydrogen) atoms. The summed E-state index contributed by atoms with van der Waals surface area (Å²) in [4.78, 5) is 16.3. The third-order valence-electron chi connectivity index (χ3n) is 4.05. The van der Waals surface area contributed by atoms with Crippen molar-refractivity contribution in [2.24, 2.45) is 0 Å². The number of carbonyl (C=O) groups excluding carboxylic acids is 1. The van der Waals surface area contributed by atoms with E-state index in [1.165, 1.54) is 0 Å². The molecule has 1 N–H and O–H groups in total. The summed E-state index contributed by atoms with van der Waals surface area (Å²) in [7, 11) is 1.78. The summed E-state index contributed by atoms with van der Waals surface area (Å²) in [5.74, 6) is 0.160. The van der Waals surface area contributed by atoms with E-state index >= 15 is 0 Å². The SMILES string of the molecule is CN(CCO)C(=O)C1CCCN1C1CCOCC1. The topological polar surface area (TPSA) is 53.0 Å². The first kappa shape index (κ1) is 13.8. The maximum absolute atomic E-state index is 12.3. The second-order valence-electron chi connectivity index (χ2n) is 5.22. The monoisotopic (exact) mass is 256 g/mol. The highest BCUT2D eigenvalue weighted by molar-refractivity contribution is 5.82. The predicted molar refractivity (Wildman–Crippen MR) is 68.3 cm³/mol. The van der Waals surface area contributed by atoms with Crippen molar-refractivity contribution in [2.75, 3.05) is 40.0 Å². The van der Waals surface area contributed by atoms with Crippen LogP contribution in [0.2, 0.25) is 0 Å². The van der Waals surface area contributed by atoms with Crippen LogP contribution in [0.4, 0.5) is 0 Å². The molecule has 0 saturated carbocycles. The molecule has 0 aromatic carbocycles. The third-order valence-corrected chi connectivity index (χ3v) is 4.05. The Morgan fingerprint density at radius 2 is 2.11 bits per heavy atom. The largest absolute Gasteiger partial charge is 0.395 e. The maximum atomic E-state index is 12.3. The Balaban J connectivity index is 1.95. The van der Waals surface area contributed by atoms with Gasteiger partial charge >= 0.3 is 0 Å². The molecule has 0 aromatic rings. The van der Waals surface area contributed by atoms with Crippen LogP contribution in [0, 0.1) is 0 Å². The highest BCUT2D eigenvalue weighted by Gasteiger charge is 2.36. The molecule has 2 heterocycles. The van der Waals surface area contributed by atoms with Crippen molar-refractivity contribution < 1.29 is 14.6 Å². The molecule has 104 valence electrons. The quantitative estimate of drug-likeness (QED) is 0.774. The van der Waals surface area contributed by atoms with E-state index in [1.807, 2.05) is 0 Å². The highest BCUT2D eigenvalue weighted by Crippen LogP contribution is 2.26. The molecule has 0 aliphatic carbocycles. The number of aliphatic hydroxyl groups excluding tert-OH is 1. The molecular weight excluding hydrogens is 232 g/mol. The maximum Gasteiger partial charge on any atom is 0.239 e. The van der Waals surface area contributed by atoms with E-state index in [-0.39, 0.29) is 18.6 Å². The Kier molecular flexibility index (Phi) is 4.97. The summed E-state index contributed by atoms with van der Waals surface area (Å²) in [5.41, 5.74) is 0. The normalized spacial score (nSPS) is 26.4. The van der Waals surface area contributed by atoms with Crippen molar-refractivity contribution in [1.82, 2.24) is 9.80 Å². The molecular formula is C13H24N2O3. The van der Waals surface area contributed by atoms with E-state index in [0.29, 0.717) is 12.6 Å². The molecule has 2 aliphatic heterocycles. The summed E-state index contributed by atoms with van der Waals surface area (Å²) in [6.45, 7) is 3.11. The van der Waals surface area contributed by atoms with Crippen LogP contribution >= 0.6 is 0 Å². The Morgan fingerprint density at radius 3 is 2.78 bits per heavy atom. The molecule has 1 amide bonds. The molecule has 0 spiro atoms. The van der Waals surface area contributed by atoms with Crippen LogP contribution in [0.25, 0.3) is 0 Å². The van der Waals surface area contributed by atoms with Crippen LogP contribution in [0.5, 0.6) is 0 Å². The molecule has 2 rings (SSSR count). The van der Waals surface area contributed by atoms with E-state index in [0.717, 1.165) is 45.4 Å². The highest BCUT2D eigenvalue weighted by atomic mass is 16.5. The number of likely N-dealkylation sites (tertiary alicyclic amines) is 1. The molecule has 0 bridgehead atoms. The van der Waals surface area contributed by atoms with Crippen molar-refractivity contribution in [3.05, 3.63) is 0 Å². The zero-order valence-electron chi connectivity index (χ0n) is 11.2. The standard InChI is InChI=1S/C13H24N2O3/c1-14(7-8-16)13(17)12-3-2-6-15(12)11-4-9-18-10-5-11/h11-12,16H,2-10H2,1H3. The molecule has 1 unspecified atom stereocenters. The van der Waals surface area contributed by atoms with Gasteiger partial charge in [-0.1, -0.05) is 0 Å². The number of amides is 1. The lowest BCUT2D eigenvalue weighted by molar-refractivity contribution is -0.136. The van der Waals surface area contributed by atoms with E-state index in [9.17, 15) is 4.79 Å². The molecule has 5 heteroatoms. The van der Waals surface area contributed by atoms with Gasteiger partial charge in [-0.25, -0.2) is 0 Å². The van der Waals surface area contributed by atoms with Gasteiger partial charge in [0, 0.05) is 32.8 Å². The van der Waals surface area contributed by atoms with Crippen LogP contribution in [-0.4, -0.2) is 72.9 Å². The number of ether oxygens (including phenoxy) is 1. The zero-order valence-corrected chi connectivity index (χ0v) is 11.2. The predicted octanol–water partition coefficient (Wildman–Crippen LogP) is 0.0805. The lowest BCUT2D eigenvalue weighted by atomic mass is 10.1. The van der Waals surface area contributed by atoms with Gasteiger partial charge in [-0.2, -0.15) is 0 Å². The Morgan fingerprint density at radius 1 is 1.39 bits per heavy atom. The average molecular weight is 256 g/mol. The van der Waals surface area contributed by atoms with E-state index in [4.69, 9.17) is 9.84 Å². The van der Waals surface area contributed by atoms with Gasteiger partial charge in [0.25, 0.3) is 0 Å². The number of aliphatic hydroxyl groups is 1. The van der Waals surface area contributed by atoms with Crippen LogP contribution in [-0.2, 0) is 9.53 Å². The summed E-state index contributed by atoms with van der Waals surface area (Å²) in [5, 5.41) is 8.92. The third kappa shape index (κ3) is 3.02. The molecule has 1 atom stereocenters. The zero-order chi connectivity index (χ0) is 13.0. The molecule has 0 aromatic heterocycles. The molecule has 0 radical (unpaired) electrons. The number of likely N-dealkylation sites (N-methyl/N-ethyl adjacent to an activating group) is 1. The minimum Gasteiger partial charge on any atom is -0.395 e. The smallest absolute Gasteiger partial charge is 0.239 e. The first-order valence-electron chi connectivity index (χ1n) is 6.93. The van der Waals surface area contributed by atoms with Crippen LogP contribution < -0.4 is 0 Å². The lowest BCUT2D eigenvalue weighted by Gasteiger charge is -2.36. The van der Waals surface area contributed by atoms with Gasteiger partial charge in [0.15, 0.2) is 0 Å². The summed E-state index contributed by atoms with van der Waals surface area (Å²) < 4.78 is 5.39. The fraction of sp³-hybridized carbons (Fsp3) is 0.923. The fourth-order valence-corrected chi connectivity index (χ4v) is 3.02. The van der Waals surface area contributed by atoms with Gasteiger partial charge in [-0.05, 0) is 32.2 Å². The fourth-order valence-electron chi connectivity index (χ4n) is 3.02. The number of hydrogen-bond donors (Lipinski definition) is 1. The Hall–Kier alpha value is -0.650. The van der Waals surface area contributed by atoms with E-state index in [2.05, 4.69) is 4.90 Å². The van der Waals surface area contributed by atoms with Crippen molar-refractivity contribution in [2.45, 2.75) is 37.8 Å². The van der Waals surface area contributed by atoms with Crippen molar-refractivity contribution in [1.29, 1.82) is 0 Å². The summed E-state index contributed by atoms with van der Waals surface area (Å²) in [6, 6.07) is 0.516. The minimum atomic E-state index is 0.0182. The van der Waals surface area contributed by atoms with Gasteiger partial charge in [0.1, 0.15) is 0 Å². The van der Waals surface area contributed by atoms with Crippen LogP contribution in [0.15, 0.2) is 0 Å². The van der Waals surface area contributed by atoms with E-state index in [1.54, 1.807) is 11.9 Å². The number of rotatable bonds is 4. The lowest BCUT2D eigenvalue weighted by Crippen LogP contribution is -2.50. The molecule has 5 nitrogen and oxygen atoms in total. The first-order valence-corrected chi connectivity index (χ1v) is 6.93. The van der Waals surface area contributed by atoms with E-state index < -0.39 is 0 Å². The van der Waals surface area contributed by atoms with Gasteiger partial charge in [0.2, 0.25) is 5.91 Å². The van der Waals surface area contributed by atoms with Gasteiger partial charge < -0.3 is 14.7 Å². The van der Waals surface area contributed by atoms with Gasteiger partial charge in [0.05, 0.1) is 12.6 Å². The van der Waals surface area contributed by atoms with Gasteiger partial charge in [-0.3, -0.25) is 9.69 Å². The summed E-state index contributed by atoms with van der Waals surface area (Å²) in [6.07, 6.45) is 4.12. The second-order valence-corrected chi connectivity index (χ2v) is 5.22. The van der Waals surface area contributed by atoms with Crippen LogP contribution in [0.1, 0.15) is 25.7 Å². The molecule has 2 fully saturated rings. The Labute approximate surface area is 109 Å². The first-order chi connectivity index (χ1) is 8.74. The van der Waals surface area contributed by atoms with Crippen molar-refractivity contribution in [3.63, 3.8) is 0 Å².